The van der Waals surface area contributed by atoms with Gasteiger partial charge in [-0.25, -0.2) is 0 Å². The number of hydrogen-bond acceptors (Lipinski definition) is 5. The molecule has 0 aliphatic heterocycles. The fourth-order valence-electron chi connectivity index (χ4n) is 11.3. The summed E-state index contributed by atoms with van der Waals surface area (Å²) in [6, 6.07) is -0.538. The first-order chi connectivity index (χ1) is 38.5. The van der Waals surface area contributed by atoms with Crippen LogP contribution in [0.4, 0.5) is 0 Å². The van der Waals surface area contributed by atoms with E-state index in [-0.39, 0.29) is 18.5 Å². The number of ether oxygens (including phenoxy) is 1. The van der Waals surface area contributed by atoms with Gasteiger partial charge in [-0.1, -0.05) is 353 Å². The molecule has 0 saturated heterocycles. The molecule has 6 heteroatoms. The van der Waals surface area contributed by atoms with Crippen molar-refractivity contribution in [3.05, 3.63) is 24.3 Å². The zero-order valence-corrected chi connectivity index (χ0v) is 52.9. The van der Waals surface area contributed by atoms with Gasteiger partial charge in [0.2, 0.25) is 5.91 Å². The van der Waals surface area contributed by atoms with E-state index in [4.69, 9.17) is 4.74 Å². The summed E-state index contributed by atoms with van der Waals surface area (Å²) in [7, 11) is 0. The second-order valence-corrected chi connectivity index (χ2v) is 24.6. The predicted octanol–water partition coefficient (Wildman–Crippen LogP) is 22.9. The van der Waals surface area contributed by atoms with Crippen LogP contribution in [0, 0.1) is 0 Å². The average Bonchev–Trinajstić information content (AvgIpc) is 3.44. The average molecular weight is 1100 g/mol. The third-order valence-corrected chi connectivity index (χ3v) is 16.8. The van der Waals surface area contributed by atoms with Crippen LogP contribution in [0.2, 0.25) is 0 Å². The lowest BCUT2D eigenvalue weighted by Gasteiger charge is -2.22. The van der Waals surface area contributed by atoms with Gasteiger partial charge in [-0.2, -0.15) is 0 Å². The van der Waals surface area contributed by atoms with E-state index >= 15 is 0 Å². The number of nitrogens with one attached hydrogen (secondary N) is 1. The lowest BCUT2D eigenvalue weighted by atomic mass is 10.0. The maximum atomic E-state index is 12.5. The summed E-state index contributed by atoms with van der Waals surface area (Å²) >= 11 is 0. The second kappa shape index (κ2) is 67.8. The molecule has 78 heavy (non-hydrogen) atoms. The van der Waals surface area contributed by atoms with Gasteiger partial charge in [0.1, 0.15) is 0 Å². The van der Waals surface area contributed by atoms with Gasteiger partial charge in [-0.05, 0) is 57.8 Å². The van der Waals surface area contributed by atoms with E-state index in [1.54, 1.807) is 0 Å². The maximum Gasteiger partial charge on any atom is 0.305 e. The Morgan fingerprint density at radius 3 is 0.974 bits per heavy atom. The van der Waals surface area contributed by atoms with E-state index in [0.29, 0.717) is 25.9 Å². The van der Waals surface area contributed by atoms with Gasteiger partial charge in [0, 0.05) is 12.8 Å². The molecule has 0 aromatic heterocycles. The standard InChI is InChI=1S/C72H139NO5/c1-3-5-7-9-11-13-15-40-44-48-52-56-60-64-70(75)69(68-74)73-71(76)65-61-57-53-49-45-42-38-36-34-32-30-28-26-24-22-20-18-17-19-21-23-25-27-29-31-33-35-37-39-43-47-51-55-59-63-67-78-72(77)66-62-58-54-50-46-41-16-14-12-10-8-6-4-2/h19,21,25,27,69-70,74-75H,3-18,20,22-24,26,28-68H2,1-2H3,(H,73,76)/b21-19-,27-25-. The number of amides is 1. The highest BCUT2D eigenvalue weighted by molar-refractivity contribution is 5.76. The van der Waals surface area contributed by atoms with Crippen LogP contribution >= 0.6 is 0 Å². The Labute approximate surface area is 488 Å². The highest BCUT2D eigenvalue weighted by Gasteiger charge is 2.20. The summed E-state index contributed by atoms with van der Waals surface area (Å²) in [4.78, 5) is 24.5. The lowest BCUT2D eigenvalue weighted by Crippen LogP contribution is -2.45. The molecule has 0 heterocycles. The zero-order chi connectivity index (χ0) is 56.4. The molecule has 0 saturated carbocycles. The minimum atomic E-state index is -0.661. The summed E-state index contributed by atoms with van der Waals surface area (Å²) in [5.74, 6) is -0.0117. The zero-order valence-electron chi connectivity index (χ0n) is 52.9. The molecule has 3 N–H and O–H groups in total. The van der Waals surface area contributed by atoms with Crippen molar-refractivity contribution < 1.29 is 24.5 Å². The van der Waals surface area contributed by atoms with Gasteiger partial charge < -0.3 is 20.3 Å². The number of carbonyl (C=O) groups excluding carboxylic acids is 2. The van der Waals surface area contributed by atoms with Gasteiger partial charge in [-0.3, -0.25) is 9.59 Å². The van der Waals surface area contributed by atoms with Crippen molar-refractivity contribution in [1.82, 2.24) is 5.32 Å². The fourth-order valence-corrected chi connectivity index (χ4v) is 11.3. The van der Waals surface area contributed by atoms with Crippen molar-refractivity contribution in [2.24, 2.45) is 0 Å². The van der Waals surface area contributed by atoms with Crippen LogP contribution in [0.15, 0.2) is 24.3 Å². The molecule has 1 amide bonds. The fraction of sp³-hybridized carbons (Fsp3) is 0.917. The number of unbranched alkanes of at least 4 members (excludes halogenated alkanes) is 52. The summed E-state index contributed by atoms with van der Waals surface area (Å²) < 4.78 is 5.49. The monoisotopic (exact) mass is 1100 g/mol. The van der Waals surface area contributed by atoms with Crippen LogP contribution in [0.25, 0.3) is 0 Å². The number of aliphatic hydroxyl groups is 2. The summed E-state index contributed by atoms with van der Waals surface area (Å²) in [6.07, 6.45) is 85.3. The number of aliphatic hydroxyl groups excluding tert-OH is 2. The molecule has 2 unspecified atom stereocenters. The SMILES string of the molecule is CCCCCCCCCCCCCCCC(=O)OCCCCCCCCCCCCC/C=C\C/C=C\CCCCCCCCCCCCCCCCCCCC(=O)NC(CO)C(O)CCCCCCCCCCCCCCC. The van der Waals surface area contributed by atoms with Crippen molar-refractivity contribution >= 4 is 11.9 Å². The normalized spacial score (nSPS) is 12.6. The number of rotatable bonds is 67. The van der Waals surface area contributed by atoms with E-state index in [2.05, 4.69) is 43.5 Å². The predicted molar refractivity (Wildman–Crippen MR) is 343 cm³/mol. The second-order valence-electron chi connectivity index (χ2n) is 24.6. The molecule has 0 bridgehead atoms. The first-order valence-corrected chi connectivity index (χ1v) is 35.6. The summed E-state index contributed by atoms with van der Waals surface area (Å²) in [5, 5.41) is 23.3. The van der Waals surface area contributed by atoms with E-state index in [1.165, 1.54) is 321 Å². The van der Waals surface area contributed by atoms with Gasteiger partial charge in [0.05, 0.1) is 25.4 Å². The number of carbonyl (C=O) groups is 2. The Bertz CT molecular complexity index is 1220. The van der Waals surface area contributed by atoms with Crippen LogP contribution in [0.5, 0.6) is 0 Å². The molecule has 2 atom stereocenters. The molecule has 6 nitrogen and oxygen atoms in total. The van der Waals surface area contributed by atoms with Crippen LogP contribution in [-0.2, 0) is 14.3 Å². The van der Waals surface area contributed by atoms with Crippen molar-refractivity contribution in [2.75, 3.05) is 13.2 Å². The van der Waals surface area contributed by atoms with Crippen LogP contribution in [-0.4, -0.2) is 47.4 Å². The molecular formula is C72H139NO5. The number of esters is 1. The van der Waals surface area contributed by atoms with Gasteiger partial charge in [0.25, 0.3) is 0 Å². The Morgan fingerprint density at radius 1 is 0.359 bits per heavy atom. The van der Waals surface area contributed by atoms with Crippen LogP contribution in [0.1, 0.15) is 399 Å². The molecule has 0 aromatic carbocycles. The Hall–Kier alpha value is -1.66. The molecule has 0 fully saturated rings. The quantitative estimate of drug-likeness (QED) is 0.0320. The molecule has 462 valence electrons. The molecule has 0 aromatic rings. The minimum absolute atomic E-state index is 0.0189. The van der Waals surface area contributed by atoms with Crippen molar-refractivity contribution in [1.29, 1.82) is 0 Å². The third kappa shape index (κ3) is 63.5. The molecule has 0 radical (unpaired) electrons. The molecule has 0 aliphatic carbocycles. The van der Waals surface area contributed by atoms with Crippen molar-refractivity contribution in [3.8, 4) is 0 Å². The molecule has 0 rings (SSSR count). The lowest BCUT2D eigenvalue weighted by molar-refractivity contribution is -0.143. The largest absolute Gasteiger partial charge is 0.466 e. The molecule has 0 aliphatic rings. The molecule has 0 spiro atoms. The topological polar surface area (TPSA) is 95.9 Å². The Balaban J connectivity index is 3.35. The number of allylic oxidation sites excluding steroid dienone is 4. The van der Waals surface area contributed by atoms with E-state index < -0.39 is 12.1 Å². The summed E-state index contributed by atoms with van der Waals surface area (Å²) in [6.45, 7) is 4.98. The third-order valence-electron chi connectivity index (χ3n) is 16.8. The number of hydrogen-bond donors (Lipinski definition) is 3. The van der Waals surface area contributed by atoms with Gasteiger partial charge in [0.15, 0.2) is 0 Å². The smallest absolute Gasteiger partial charge is 0.305 e. The maximum absolute atomic E-state index is 12.5. The van der Waals surface area contributed by atoms with E-state index in [9.17, 15) is 19.8 Å². The highest BCUT2D eigenvalue weighted by atomic mass is 16.5. The Morgan fingerprint density at radius 2 is 0.641 bits per heavy atom. The van der Waals surface area contributed by atoms with Crippen LogP contribution in [0.3, 0.4) is 0 Å². The van der Waals surface area contributed by atoms with Crippen molar-refractivity contribution in [2.45, 2.75) is 411 Å². The minimum Gasteiger partial charge on any atom is -0.466 e. The van der Waals surface area contributed by atoms with Crippen LogP contribution < -0.4 is 5.32 Å². The first kappa shape index (κ1) is 76.3. The van der Waals surface area contributed by atoms with E-state index in [0.717, 1.165) is 44.9 Å². The summed E-state index contributed by atoms with van der Waals surface area (Å²) in [5.41, 5.74) is 0. The van der Waals surface area contributed by atoms with E-state index in [1.807, 2.05) is 0 Å². The van der Waals surface area contributed by atoms with Gasteiger partial charge >= 0.3 is 5.97 Å². The Kier molecular flexibility index (Phi) is 66.4. The highest BCUT2D eigenvalue weighted by Crippen LogP contribution is 2.19. The molecular weight excluding hydrogens is 959 g/mol. The van der Waals surface area contributed by atoms with Crippen molar-refractivity contribution in [3.63, 3.8) is 0 Å². The first-order valence-electron chi connectivity index (χ1n) is 35.6. The van der Waals surface area contributed by atoms with Gasteiger partial charge in [-0.15, -0.1) is 0 Å².